The number of phenols is 1. The van der Waals surface area contributed by atoms with Gasteiger partial charge in [0.2, 0.25) is 0 Å². The molecule has 7 nitrogen and oxygen atoms in total. The molecule has 0 aliphatic carbocycles. The Morgan fingerprint density at radius 2 is 1.88 bits per heavy atom. The number of aromatic hydroxyl groups is 1. The number of ether oxygens (including phenoxy) is 1. The van der Waals surface area contributed by atoms with E-state index in [0.717, 1.165) is 68.3 Å². The Morgan fingerprint density at radius 1 is 1.22 bits per heavy atom. The molecule has 180 valence electrons. The van der Waals surface area contributed by atoms with Crippen molar-refractivity contribution in [3.63, 3.8) is 0 Å². The van der Waals surface area contributed by atoms with Gasteiger partial charge in [-0.25, -0.2) is 4.79 Å². The zero-order valence-corrected chi connectivity index (χ0v) is 20.0. The molecule has 1 aromatic carbocycles. The largest absolute Gasteiger partial charge is 0.507 e. The van der Waals surface area contributed by atoms with E-state index in [1.807, 2.05) is 29.0 Å². The molecular formula is C25H41N3O4. The molecule has 1 fully saturated rings. The van der Waals surface area contributed by atoms with Gasteiger partial charge in [-0.2, -0.15) is 0 Å². The second kappa shape index (κ2) is 11.9. The van der Waals surface area contributed by atoms with E-state index in [1.54, 1.807) is 0 Å². The minimum absolute atomic E-state index is 0.0206. The maximum atomic E-state index is 12.7. The van der Waals surface area contributed by atoms with Gasteiger partial charge in [-0.1, -0.05) is 38.8 Å². The molecule has 1 amide bonds. The number of amides is 1. The van der Waals surface area contributed by atoms with Crippen LogP contribution in [0.1, 0.15) is 75.2 Å². The number of nitrogens with zero attached hydrogens (tertiary/aromatic N) is 2. The smallest absolute Gasteiger partial charge is 0.428 e. The van der Waals surface area contributed by atoms with E-state index in [0.29, 0.717) is 37.7 Å². The van der Waals surface area contributed by atoms with Gasteiger partial charge in [-0.3, -0.25) is 0 Å². The van der Waals surface area contributed by atoms with Crippen molar-refractivity contribution in [3.8, 4) is 5.75 Å². The van der Waals surface area contributed by atoms with Gasteiger partial charge >= 0.3 is 6.09 Å². The van der Waals surface area contributed by atoms with Crippen LogP contribution in [0.25, 0.3) is 0 Å². The van der Waals surface area contributed by atoms with Gasteiger partial charge in [0.05, 0.1) is 12.2 Å². The number of hydrogen-bond acceptors (Lipinski definition) is 6. The minimum atomic E-state index is -0.225. The third kappa shape index (κ3) is 5.94. The second-order valence-electron chi connectivity index (χ2n) is 9.22. The first-order valence-corrected chi connectivity index (χ1v) is 12.4. The highest BCUT2D eigenvalue weighted by Crippen LogP contribution is 2.40. The SMILES string of the molecule is CCCCN(CCCC)C(=O)ON1CCC([C@@H]2Cc3c(ccc(C)c3O)[C@H](CN)O2)CC1. The third-order valence-corrected chi connectivity index (χ3v) is 6.88. The van der Waals surface area contributed by atoms with Gasteiger partial charge in [0.1, 0.15) is 5.75 Å². The molecule has 2 atom stereocenters. The van der Waals surface area contributed by atoms with E-state index in [2.05, 4.69) is 13.8 Å². The average molecular weight is 448 g/mol. The Hall–Kier alpha value is -1.83. The number of aryl methyl sites for hydroxylation is 1. The Labute approximate surface area is 192 Å². The number of rotatable bonds is 9. The average Bonchev–Trinajstić information content (AvgIpc) is 2.81. The standard InChI is InChI=1S/C25H41N3O4/c1-4-6-12-27(13-7-5-2)25(30)32-28-14-10-19(11-15-28)22-16-21-20(23(17-26)31-22)9-8-18(3)24(21)29/h8-9,19,22-23,29H,4-7,10-17,26H2,1-3H3/t22-,23-/m0/s1. The van der Waals surface area contributed by atoms with Crippen LogP contribution in [0.3, 0.4) is 0 Å². The first-order valence-electron chi connectivity index (χ1n) is 12.4. The normalized spacial score (nSPS) is 21.9. The van der Waals surface area contributed by atoms with Crippen molar-refractivity contribution in [1.29, 1.82) is 0 Å². The minimum Gasteiger partial charge on any atom is -0.507 e. The summed E-state index contributed by atoms with van der Waals surface area (Å²) in [6, 6.07) is 3.96. The summed E-state index contributed by atoms with van der Waals surface area (Å²) in [5.41, 5.74) is 8.87. The quantitative estimate of drug-likeness (QED) is 0.587. The van der Waals surface area contributed by atoms with E-state index < -0.39 is 0 Å². The fraction of sp³-hybridized carbons (Fsp3) is 0.720. The molecule has 1 saturated heterocycles. The molecule has 0 aromatic heterocycles. The highest BCUT2D eigenvalue weighted by atomic mass is 16.7. The number of fused-ring (bicyclic) bond motifs is 1. The summed E-state index contributed by atoms with van der Waals surface area (Å²) < 4.78 is 6.37. The molecule has 0 radical (unpaired) electrons. The predicted molar refractivity (Wildman–Crippen MR) is 125 cm³/mol. The summed E-state index contributed by atoms with van der Waals surface area (Å²) in [6.45, 7) is 9.50. The van der Waals surface area contributed by atoms with Gasteiger partial charge < -0.3 is 25.3 Å². The molecule has 3 rings (SSSR count). The van der Waals surface area contributed by atoms with E-state index >= 15 is 0 Å². The lowest BCUT2D eigenvalue weighted by atomic mass is 9.83. The summed E-state index contributed by atoms with van der Waals surface area (Å²) in [7, 11) is 0. The maximum Gasteiger partial charge on any atom is 0.428 e. The maximum absolute atomic E-state index is 12.7. The number of carbonyl (C=O) groups excluding carboxylic acids is 1. The van der Waals surface area contributed by atoms with E-state index in [-0.39, 0.29) is 18.3 Å². The molecule has 0 bridgehead atoms. The van der Waals surface area contributed by atoms with Crippen molar-refractivity contribution in [2.75, 3.05) is 32.7 Å². The van der Waals surface area contributed by atoms with Crippen molar-refractivity contribution in [2.45, 2.75) is 77.9 Å². The zero-order valence-electron chi connectivity index (χ0n) is 20.0. The summed E-state index contributed by atoms with van der Waals surface area (Å²) in [4.78, 5) is 20.3. The van der Waals surface area contributed by atoms with Crippen molar-refractivity contribution in [3.05, 3.63) is 28.8 Å². The van der Waals surface area contributed by atoms with E-state index in [4.69, 9.17) is 15.3 Å². The summed E-state index contributed by atoms with van der Waals surface area (Å²) >= 11 is 0. The fourth-order valence-electron chi connectivity index (χ4n) is 4.78. The fourth-order valence-corrected chi connectivity index (χ4v) is 4.78. The van der Waals surface area contributed by atoms with Crippen LogP contribution in [0, 0.1) is 12.8 Å². The molecule has 0 saturated carbocycles. The van der Waals surface area contributed by atoms with Crippen molar-refractivity contribution < 1.29 is 19.5 Å². The Morgan fingerprint density at radius 3 is 2.47 bits per heavy atom. The van der Waals surface area contributed by atoms with Gasteiger partial charge in [0.25, 0.3) is 0 Å². The van der Waals surface area contributed by atoms with Crippen LogP contribution in [0.4, 0.5) is 4.79 Å². The Balaban J connectivity index is 1.56. The van der Waals surface area contributed by atoms with Gasteiger partial charge in [-0.05, 0) is 49.7 Å². The molecule has 3 N–H and O–H groups in total. The van der Waals surface area contributed by atoms with Crippen molar-refractivity contribution in [1.82, 2.24) is 9.96 Å². The Bertz CT molecular complexity index is 741. The van der Waals surface area contributed by atoms with Gasteiger partial charge in [-0.15, -0.1) is 5.06 Å². The van der Waals surface area contributed by atoms with Gasteiger partial charge in [0, 0.05) is 44.7 Å². The molecule has 0 spiro atoms. The summed E-state index contributed by atoms with van der Waals surface area (Å²) in [5, 5.41) is 12.4. The molecule has 0 unspecified atom stereocenters. The number of phenolic OH excluding ortho intramolecular Hbond substituents is 1. The van der Waals surface area contributed by atoms with Crippen molar-refractivity contribution >= 4 is 6.09 Å². The van der Waals surface area contributed by atoms with Crippen LogP contribution in [-0.4, -0.2) is 60.0 Å². The van der Waals surface area contributed by atoms with E-state index in [9.17, 15) is 9.90 Å². The number of hydroxylamine groups is 2. The highest BCUT2D eigenvalue weighted by Gasteiger charge is 2.36. The van der Waals surface area contributed by atoms with Crippen LogP contribution in [-0.2, 0) is 16.0 Å². The van der Waals surface area contributed by atoms with Crippen LogP contribution < -0.4 is 5.73 Å². The molecule has 1 aromatic rings. The van der Waals surface area contributed by atoms with Crippen LogP contribution in [0.5, 0.6) is 5.75 Å². The van der Waals surface area contributed by atoms with Gasteiger partial charge in [0.15, 0.2) is 0 Å². The topological polar surface area (TPSA) is 88.3 Å². The Kier molecular flexibility index (Phi) is 9.20. The monoisotopic (exact) mass is 447 g/mol. The lowest BCUT2D eigenvalue weighted by Crippen LogP contribution is -2.45. The second-order valence-corrected chi connectivity index (χ2v) is 9.22. The zero-order chi connectivity index (χ0) is 23.1. The lowest BCUT2D eigenvalue weighted by Gasteiger charge is -2.40. The number of nitrogens with two attached hydrogens (primary N) is 1. The predicted octanol–water partition coefficient (Wildman–Crippen LogP) is 4.31. The molecule has 2 aliphatic heterocycles. The third-order valence-electron chi connectivity index (χ3n) is 6.88. The summed E-state index contributed by atoms with van der Waals surface area (Å²) in [6.07, 6.45) is 6.20. The molecule has 2 aliphatic rings. The molecule has 7 heteroatoms. The van der Waals surface area contributed by atoms with Crippen molar-refractivity contribution in [2.24, 2.45) is 11.7 Å². The van der Waals surface area contributed by atoms with E-state index in [1.165, 1.54) is 0 Å². The first kappa shape index (κ1) is 24.8. The van der Waals surface area contributed by atoms with Crippen LogP contribution >= 0.6 is 0 Å². The summed E-state index contributed by atoms with van der Waals surface area (Å²) in [5.74, 6) is 0.725. The molecule has 2 heterocycles. The number of unbranched alkanes of at least 4 members (excludes halogenated alkanes) is 2. The highest BCUT2D eigenvalue weighted by molar-refractivity contribution is 5.67. The van der Waals surface area contributed by atoms with Crippen LogP contribution in [0.15, 0.2) is 12.1 Å². The lowest BCUT2D eigenvalue weighted by molar-refractivity contribution is -0.144. The molecule has 32 heavy (non-hydrogen) atoms. The van der Waals surface area contributed by atoms with Crippen LogP contribution in [0.2, 0.25) is 0 Å². The first-order chi connectivity index (χ1) is 15.5. The number of benzene rings is 1. The molecular weight excluding hydrogens is 406 g/mol. The number of carbonyl (C=O) groups is 1. The number of hydrogen-bond donors (Lipinski definition) is 2. The number of piperidine rings is 1.